The summed E-state index contributed by atoms with van der Waals surface area (Å²) in [7, 11) is 0. The Hall–Kier alpha value is -1.57. The topological polar surface area (TPSA) is 29.1 Å². The van der Waals surface area contributed by atoms with Gasteiger partial charge >= 0.3 is 0 Å². The van der Waals surface area contributed by atoms with E-state index in [0.29, 0.717) is 12.3 Å². The Kier molecular flexibility index (Phi) is 3.40. The van der Waals surface area contributed by atoms with Crippen LogP contribution in [0.5, 0.6) is 0 Å². The summed E-state index contributed by atoms with van der Waals surface area (Å²) in [4.78, 5) is 11.7. The van der Waals surface area contributed by atoms with Crippen LogP contribution in [0.2, 0.25) is 0 Å². The van der Waals surface area contributed by atoms with Crippen LogP contribution in [0.3, 0.4) is 0 Å². The Balaban J connectivity index is 1.86. The largest absolute Gasteiger partial charge is 0.326 e. The minimum absolute atomic E-state index is 0.111. The standard InChI is InChI=1S/C14H17NO/c1-11-6-8-13(9-7-11)15-14(16)10-12-4-2-3-5-12/h2,4,6-9,12H,3,5,10H2,1H3,(H,15,16)/t12-/m0/s1. The molecule has 0 radical (unpaired) electrons. The van der Waals surface area contributed by atoms with Crippen molar-refractivity contribution in [1.82, 2.24) is 0 Å². The molecule has 0 saturated heterocycles. The van der Waals surface area contributed by atoms with E-state index >= 15 is 0 Å². The van der Waals surface area contributed by atoms with E-state index in [2.05, 4.69) is 17.5 Å². The third-order valence-corrected chi connectivity index (χ3v) is 2.90. The molecule has 0 saturated carbocycles. The van der Waals surface area contributed by atoms with Crippen molar-refractivity contribution < 1.29 is 4.79 Å². The van der Waals surface area contributed by atoms with Gasteiger partial charge in [0, 0.05) is 12.1 Å². The Morgan fingerprint density at radius 1 is 1.38 bits per heavy atom. The molecule has 1 aliphatic carbocycles. The van der Waals surface area contributed by atoms with E-state index in [9.17, 15) is 4.79 Å². The number of carbonyl (C=O) groups is 1. The molecular formula is C14H17NO. The van der Waals surface area contributed by atoms with E-state index in [0.717, 1.165) is 18.5 Å². The van der Waals surface area contributed by atoms with E-state index in [1.165, 1.54) is 5.56 Å². The lowest BCUT2D eigenvalue weighted by Gasteiger charge is -2.08. The first kappa shape index (κ1) is 10.9. The monoisotopic (exact) mass is 215 g/mol. The summed E-state index contributed by atoms with van der Waals surface area (Å²) in [5, 5.41) is 2.92. The average Bonchev–Trinajstić information content (AvgIpc) is 2.74. The SMILES string of the molecule is Cc1ccc(NC(=O)C[C@H]2C=CCC2)cc1. The fourth-order valence-electron chi connectivity index (χ4n) is 1.95. The average molecular weight is 215 g/mol. The Labute approximate surface area is 96.4 Å². The highest BCUT2D eigenvalue weighted by Crippen LogP contribution is 2.21. The third-order valence-electron chi connectivity index (χ3n) is 2.90. The summed E-state index contributed by atoms with van der Waals surface area (Å²) >= 11 is 0. The van der Waals surface area contributed by atoms with Gasteiger partial charge in [0.2, 0.25) is 5.91 Å². The number of hydrogen-bond donors (Lipinski definition) is 1. The van der Waals surface area contributed by atoms with Gasteiger partial charge in [0.15, 0.2) is 0 Å². The van der Waals surface area contributed by atoms with Crippen LogP contribution in [0, 0.1) is 12.8 Å². The van der Waals surface area contributed by atoms with Gasteiger partial charge in [-0.1, -0.05) is 29.8 Å². The van der Waals surface area contributed by atoms with Gasteiger partial charge in [-0.15, -0.1) is 0 Å². The highest BCUT2D eigenvalue weighted by atomic mass is 16.1. The summed E-state index contributed by atoms with van der Waals surface area (Å²) < 4.78 is 0. The van der Waals surface area contributed by atoms with Crippen LogP contribution >= 0.6 is 0 Å². The lowest BCUT2D eigenvalue weighted by molar-refractivity contribution is -0.116. The fraction of sp³-hybridized carbons (Fsp3) is 0.357. The highest BCUT2D eigenvalue weighted by Gasteiger charge is 2.13. The van der Waals surface area contributed by atoms with Crippen molar-refractivity contribution in [3.8, 4) is 0 Å². The number of hydrogen-bond acceptors (Lipinski definition) is 1. The van der Waals surface area contributed by atoms with Crippen molar-refractivity contribution in [2.45, 2.75) is 26.2 Å². The van der Waals surface area contributed by atoms with Gasteiger partial charge in [0.25, 0.3) is 0 Å². The molecule has 1 N–H and O–H groups in total. The molecule has 0 aliphatic heterocycles. The molecule has 1 aliphatic rings. The molecule has 0 spiro atoms. The molecule has 2 nitrogen and oxygen atoms in total. The number of carbonyl (C=O) groups excluding carboxylic acids is 1. The second kappa shape index (κ2) is 4.97. The molecule has 84 valence electrons. The van der Waals surface area contributed by atoms with Gasteiger partial charge in [0.1, 0.15) is 0 Å². The minimum Gasteiger partial charge on any atom is -0.326 e. The van der Waals surface area contributed by atoms with Crippen LogP contribution in [-0.2, 0) is 4.79 Å². The van der Waals surface area contributed by atoms with Gasteiger partial charge < -0.3 is 5.32 Å². The first-order valence-electron chi connectivity index (χ1n) is 5.77. The smallest absolute Gasteiger partial charge is 0.224 e. The Morgan fingerprint density at radius 2 is 2.12 bits per heavy atom. The highest BCUT2D eigenvalue weighted by molar-refractivity contribution is 5.90. The lowest BCUT2D eigenvalue weighted by Crippen LogP contribution is -2.14. The summed E-state index contributed by atoms with van der Waals surface area (Å²) in [6.45, 7) is 2.04. The normalized spacial score (nSPS) is 18.7. The molecule has 16 heavy (non-hydrogen) atoms. The number of anilines is 1. The molecule has 0 unspecified atom stereocenters. The van der Waals surface area contributed by atoms with Crippen LogP contribution in [-0.4, -0.2) is 5.91 Å². The van der Waals surface area contributed by atoms with E-state index < -0.39 is 0 Å². The molecule has 0 fully saturated rings. The van der Waals surface area contributed by atoms with Crippen molar-refractivity contribution in [2.24, 2.45) is 5.92 Å². The van der Waals surface area contributed by atoms with Gasteiger partial charge in [0.05, 0.1) is 0 Å². The molecular weight excluding hydrogens is 198 g/mol. The van der Waals surface area contributed by atoms with E-state index in [4.69, 9.17) is 0 Å². The van der Waals surface area contributed by atoms with Gasteiger partial charge in [-0.25, -0.2) is 0 Å². The van der Waals surface area contributed by atoms with E-state index in [1.807, 2.05) is 31.2 Å². The summed E-state index contributed by atoms with van der Waals surface area (Å²) in [5.74, 6) is 0.547. The molecule has 1 aromatic carbocycles. The van der Waals surface area contributed by atoms with Gasteiger partial charge in [-0.2, -0.15) is 0 Å². The van der Waals surface area contributed by atoms with Gasteiger partial charge in [-0.05, 0) is 37.8 Å². The van der Waals surface area contributed by atoms with Crippen LogP contribution in [0.15, 0.2) is 36.4 Å². The molecule has 2 heteroatoms. The predicted molar refractivity (Wildman–Crippen MR) is 66.3 cm³/mol. The van der Waals surface area contributed by atoms with E-state index in [1.54, 1.807) is 0 Å². The first-order chi connectivity index (χ1) is 7.74. The quantitative estimate of drug-likeness (QED) is 0.770. The predicted octanol–water partition coefficient (Wildman–Crippen LogP) is 3.29. The number of amides is 1. The zero-order valence-electron chi connectivity index (χ0n) is 9.57. The summed E-state index contributed by atoms with van der Waals surface area (Å²) in [6.07, 6.45) is 7.13. The lowest BCUT2D eigenvalue weighted by atomic mass is 10.1. The number of nitrogens with one attached hydrogen (secondary N) is 1. The van der Waals surface area contributed by atoms with Crippen molar-refractivity contribution in [3.05, 3.63) is 42.0 Å². The zero-order chi connectivity index (χ0) is 11.4. The summed E-state index contributed by atoms with van der Waals surface area (Å²) in [6, 6.07) is 7.89. The number of aryl methyl sites for hydroxylation is 1. The van der Waals surface area contributed by atoms with Crippen molar-refractivity contribution >= 4 is 11.6 Å². The van der Waals surface area contributed by atoms with Crippen molar-refractivity contribution in [1.29, 1.82) is 0 Å². The molecule has 1 atom stereocenters. The summed E-state index contributed by atoms with van der Waals surface area (Å²) in [5.41, 5.74) is 2.09. The zero-order valence-corrected chi connectivity index (χ0v) is 9.57. The Morgan fingerprint density at radius 3 is 2.75 bits per heavy atom. The molecule has 1 aromatic rings. The maximum absolute atomic E-state index is 11.7. The van der Waals surface area contributed by atoms with Crippen LogP contribution in [0.1, 0.15) is 24.8 Å². The third kappa shape index (κ3) is 2.96. The first-order valence-corrected chi connectivity index (χ1v) is 5.77. The Bertz CT molecular complexity index is 392. The minimum atomic E-state index is 0.111. The van der Waals surface area contributed by atoms with Crippen molar-refractivity contribution in [3.63, 3.8) is 0 Å². The molecule has 1 amide bonds. The molecule has 0 bridgehead atoms. The second-order valence-electron chi connectivity index (χ2n) is 4.38. The fourth-order valence-corrected chi connectivity index (χ4v) is 1.95. The number of rotatable bonds is 3. The molecule has 0 heterocycles. The van der Waals surface area contributed by atoms with Gasteiger partial charge in [-0.3, -0.25) is 4.79 Å². The second-order valence-corrected chi connectivity index (χ2v) is 4.38. The number of benzene rings is 1. The maximum Gasteiger partial charge on any atom is 0.224 e. The molecule has 2 rings (SSSR count). The number of allylic oxidation sites excluding steroid dienone is 2. The van der Waals surface area contributed by atoms with Crippen LogP contribution in [0.4, 0.5) is 5.69 Å². The van der Waals surface area contributed by atoms with Crippen LogP contribution < -0.4 is 5.32 Å². The van der Waals surface area contributed by atoms with Crippen molar-refractivity contribution in [2.75, 3.05) is 5.32 Å². The van der Waals surface area contributed by atoms with E-state index in [-0.39, 0.29) is 5.91 Å². The molecule has 0 aromatic heterocycles. The van der Waals surface area contributed by atoms with Crippen LogP contribution in [0.25, 0.3) is 0 Å². The maximum atomic E-state index is 11.7.